The standard InChI is InChI=1S/C14H19NO4S/c1-10(14(17)19-3)8-20-9-13(16)15-11-5-4-6-12(7-11)18-2/h4-7,10H,8-9H2,1-3H3,(H,15,16). The number of esters is 1. The quantitative estimate of drug-likeness (QED) is 0.781. The number of methoxy groups -OCH3 is 2. The SMILES string of the molecule is COC(=O)C(C)CSCC(=O)Nc1cccc(OC)c1. The van der Waals surface area contributed by atoms with E-state index in [0.29, 0.717) is 22.9 Å². The molecule has 0 fully saturated rings. The monoisotopic (exact) mass is 297 g/mol. The summed E-state index contributed by atoms with van der Waals surface area (Å²) in [5.41, 5.74) is 0.691. The Morgan fingerprint density at radius 2 is 2.10 bits per heavy atom. The number of hydrogen-bond donors (Lipinski definition) is 1. The lowest BCUT2D eigenvalue weighted by molar-refractivity contribution is -0.144. The lowest BCUT2D eigenvalue weighted by atomic mass is 10.2. The number of benzene rings is 1. The van der Waals surface area contributed by atoms with Crippen LogP contribution in [0.25, 0.3) is 0 Å². The highest BCUT2D eigenvalue weighted by Gasteiger charge is 2.13. The average Bonchev–Trinajstić information content (AvgIpc) is 2.46. The van der Waals surface area contributed by atoms with Gasteiger partial charge in [0, 0.05) is 17.5 Å². The zero-order valence-electron chi connectivity index (χ0n) is 11.8. The molecule has 0 saturated carbocycles. The maximum absolute atomic E-state index is 11.7. The number of amides is 1. The zero-order chi connectivity index (χ0) is 15.0. The van der Waals surface area contributed by atoms with E-state index in [0.717, 1.165) is 0 Å². The Kier molecular flexibility index (Phi) is 6.93. The molecule has 20 heavy (non-hydrogen) atoms. The van der Waals surface area contributed by atoms with Crippen molar-refractivity contribution in [3.63, 3.8) is 0 Å². The summed E-state index contributed by atoms with van der Waals surface area (Å²) in [6, 6.07) is 7.16. The third-order valence-corrected chi connectivity index (χ3v) is 3.76. The number of ether oxygens (including phenoxy) is 2. The fourth-order valence-electron chi connectivity index (χ4n) is 1.50. The van der Waals surface area contributed by atoms with Crippen LogP contribution in [0.2, 0.25) is 0 Å². The molecule has 0 aromatic heterocycles. The summed E-state index contributed by atoms with van der Waals surface area (Å²) < 4.78 is 9.70. The fourth-order valence-corrected chi connectivity index (χ4v) is 2.36. The smallest absolute Gasteiger partial charge is 0.309 e. The Morgan fingerprint density at radius 3 is 2.75 bits per heavy atom. The van der Waals surface area contributed by atoms with Gasteiger partial charge in [-0.05, 0) is 12.1 Å². The first kappa shape index (κ1) is 16.4. The van der Waals surface area contributed by atoms with Gasteiger partial charge in [0.15, 0.2) is 0 Å². The molecule has 6 heteroatoms. The van der Waals surface area contributed by atoms with Crippen LogP contribution in [0.1, 0.15) is 6.92 Å². The Bertz CT molecular complexity index is 464. The van der Waals surface area contributed by atoms with Gasteiger partial charge < -0.3 is 14.8 Å². The zero-order valence-corrected chi connectivity index (χ0v) is 12.7. The molecule has 0 radical (unpaired) electrons. The Morgan fingerprint density at radius 1 is 1.35 bits per heavy atom. The van der Waals surface area contributed by atoms with Crippen LogP contribution in [0.4, 0.5) is 5.69 Å². The molecule has 1 aromatic carbocycles. The molecule has 1 amide bonds. The summed E-state index contributed by atoms with van der Waals surface area (Å²) in [5, 5.41) is 2.78. The number of carbonyl (C=O) groups excluding carboxylic acids is 2. The van der Waals surface area contributed by atoms with E-state index < -0.39 is 0 Å². The van der Waals surface area contributed by atoms with Gasteiger partial charge in [-0.15, -0.1) is 0 Å². The highest BCUT2D eigenvalue weighted by atomic mass is 32.2. The lowest BCUT2D eigenvalue weighted by Crippen LogP contribution is -2.18. The molecule has 1 rings (SSSR count). The van der Waals surface area contributed by atoms with Crippen molar-refractivity contribution in [3.05, 3.63) is 24.3 Å². The number of hydrogen-bond acceptors (Lipinski definition) is 5. The summed E-state index contributed by atoms with van der Waals surface area (Å²) in [7, 11) is 2.93. The molecule has 0 spiro atoms. The summed E-state index contributed by atoms with van der Waals surface area (Å²) in [6.07, 6.45) is 0. The molecular weight excluding hydrogens is 278 g/mol. The molecule has 0 bridgehead atoms. The number of anilines is 1. The molecule has 0 saturated heterocycles. The molecule has 110 valence electrons. The van der Waals surface area contributed by atoms with Crippen LogP contribution in [-0.2, 0) is 14.3 Å². The van der Waals surface area contributed by atoms with Gasteiger partial charge in [-0.2, -0.15) is 11.8 Å². The molecule has 1 atom stereocenters. The highest BCUT2D eigenvalue weighted by molar-refractivity contribution is 8.00. The van der Waals surface area contributed by atoms with Gasteiger partial charge in [-0.3, -0.25) is 9.59 Å². The van der Waals surface area contributed by atoms with Crippen molar-refractivity contribution in [2.24, 2.45) is 5.92 Å². The second kappa shape index (κ2) is 8.47. The maximum Gasteiger partial charge on any atom is 0.309 e. The van der Waals surface area contributed by atoms with Crippen molar-refractivity contribution in [2.75, 3.05) is 31.0 Å². The summed E-state index contributed by atoms with van der Waals surface area (Å²) in [5.74, 6) is 0.951. The fraction of sp³-hybridized carbons (Fsp3) is 0.429. The van der Waals surface area contributed by atoms with Gasteiger partial charge in [0.25, 0.3) is 0 Å². The van der Waals surface area contributed by atoms with E-state index in [1.165, 1.54) is 18.9 Å². The normalized spacial score (nSPS) is 11.6. The van der Waals surface area contributed by atoms with Crippen LogP contribution >= 0.6 is 11.8 Å². The van der Waals surface area contributed by atoms with E-state index >= 15 is 0 Å². The molecule has 5 nitrogen and oxygen atoms in total. The van der Waals surface area contributed by atoms with E-state index in [9.17, 15) is 9.59 Å². The molecule has 0 aliphatic heterocycles. The van der Waals surface area contributed by atoms with Crippen molar-refractivity contribution in [2.45, 2.75) is 6.92 Å². The van der Waals surface area contributed by atoms with Crippen molar-refractivity contribution < 1.29 is 19.1 Å². The Balaban J connectivity index is 2.35. The van der Waals surface area contributed by atoms with E-state index in [-0.39, 0.29) is 17.8 Å². The van der Waals surface area contributed by atoms with Crippen molar-refractivity contribution in [3.8, 4) is 5.75 Å². The summed E-state index contributed by atoms with van der Waals surface area (Å²) in [6.45, 7) is 1.78. The molecule has 1 unspecified atom stereocenters. The van der Waals surface area contributed by atoms with Gasteiger partial charge in [0.2, 0.25) is 5.91 Å². The maximum atomic E-state index is 11.7. The first-order chi connectivity index (χ1) is 9.56. The van der Waals surface area contributed by atoms with Crippen molar-refractivity contribution in [1.29, 1.82) is 0 Å². The van der Waals surface area contributed by atoms with Crippen LogP contribution in [0.15, 0.2) is 24.3 Å². The minimum Gasteiger partial charge on any atom is -0.497 e. The molecule has 0 aliphatic carbocycles. The Labute approximate surface area is 123 Å². The molecule has 1 aromatic rings. The van der Waals surface area contributed by atoms with E-state index in [1.54, 1.807) is 32.2 Å². The number of thioether (sulfide) groups is 1. The summed E-state index contributed by atoms with van der Waals surface area (Å²) >= 11 is 1.40. The first-order valence-corrected chi connectivity index (χ1v) is 7.31. The van der Waals surface area contributed by atoms with Gasteiger partial charge in [0.05, 0.1) is 25.9 Å². The summed E-state index contributed by atoms with van der Waals surface area (Å²) in [4.78, 5) is 22.9. The van der Waals surface area contributed by atoms with E-state index in [2.05, 4.69) is 10.1 Å². The molecular formula is C14H19NO4S. The van der Waals surface area contributed by atoms with Gasteiger partial charge in [-0.1, -0.05) is 13.0 Å². The second-order valence-corrected chi connectivity index (χ2v) is 5.25. The van der Waals surface area contributed by atoms with E-state index in [4.69, 9.17) is 4.74 Å². The predicted molar refractivity (Wildman–Crippen MR) is 80.1 cm³/mol. The van der Waals surface area contributed by atoms with Gasteiger partial charge in [0.1, 0.15) is 5.75 Å². The van der Waals surface area contributed by atoms with E-state index in [1.807, 2.05) is 6.07 Å². The third-order valence-electron chi connectivity index (χ3n) is 2.56. The predicted octanol–water partition coefficient (Wildman–Crippen LogP) is 2.18. The van der Waals surface area contributed by atoms with Crippen molar-refractivity contribution >= 4 is 29.3 Å². The van der Waals surface area contributed by atoms with Gasteiger partial charge >= 0.3 is 5.97 Å². The second-order valence-electron chi connectivity index (χ2n) is 4.22. The number of rotatable bonds is 7. The van der Waals surface area contributed by atoms with Gasteiger partial charge in [-0.25, -0.2) is 0 Å². The highest BCUT2D eigenvalue weighted by Crippen LogP contribution is 2.17. The topological polar surface area (TPSA) is 64.6 Å². The van der Waals surface area contributed by atoms with Crippen LogP contribution < -0.4 is 10.1 Å². The minimum atomic E-state index is -0.259. The third kappa shape index (κ3) is 5.52. The largest absolute Gasteiger partial charge is 0.497 e. The van der Waals surface area contributed by atoms with Crippen molar-refractivity contribution in [1.82, 2.24) is 0 Å². The molecule has 0 aliphatic rings. The molecule has 1 N–H and O–H groups in total. The van der Waals surface area contributed by atoms with Crippen LogP contribution in [0.3, 0.4) is 0 Å². The first-order valence-electron chi connectivity index (χ1n) is 6.16. The Hall–Kier alpha value is -1.69. The minimum absolute atomic E-state index is 0.111. The van der Waals surface area contributed by atoms with Crippen LogP contribution in [0, 0.1) is 5.92 Å². The molecule has 0 heterocycles. The van der Waals surface area contributed by atoms with Crippen LogP contribution in [-0.4, -0.2) is 37.6 Å². The van der Waals surface area contributed by atoms with Crippen LogP contribution in [0.5, 0.6) is 5.75 Å². The lowest BCUT2D eigenvalue weighted by Gasteiger charge is -2.09. The average molecular weight is 297 g/mol. The number of nitrogens with one attached hydrogen (secondary N) is 1. The number of carbonyl (C=O) groups is 2.